The summed E-state index contributed by atoms with van der Waals surface area (Å²) >= 11 is 0. The van der Waals surface area contributed by atoms with E-state index in [2.05, 4.69) is 5.32 Å². The SMILES string of the molecule is CCCNC(=O)[C@H](C)OC(=O)c1ccc2c(c1)CCCN2S(C)(=O)=O. The second-order valence-electron chi connectivity index (χ2n) is 6.12. The van der Waals surface area contributed by atoms with E-state index < -0.39 is 22.1 Å². The van der Waals surface area contributed by atoms with Crippen molar-refractivity contribution in [2.24, 2.45) is 0 Å². The topological polar surface area (TPSA) is 92.8 Å². The highest BCUT2D eigenvalue weighted by atomic mass is 32.2. The number of ether oxygens (including phenoxy) is 1. The van der Waals surface area contributed by atoms with Crippen LogP contribution in [0.5, 0.6) is 0 Å². The lowest BCUT2D eigenvalue weighted by Crippen LogP contribution is -2.36. The molecule has 1 aliphatic heterocycles. The zero-order valence-electron chi connectivity index (χ0n) is 14.7. The van der Waals surface area contributed by atoms with Gasteiger partial charge in [-0.25, -0.2) is 13.2 Å². The normalized spacial score (nSPS) is 15.2. The summed E-state index contributed by atoms with van der Waals surface area (Å²) in [6.07, 6.45) is 2.46. The van der Waals surface area contributed by atoms with Crippen molar-refractivity contribution in [3.05, 3.63) is 29.3 Å². The van der Waals surface area contributed by atoms with Crippen LogP contribution in [0.4, 0.5) is 5.69 Å². The number of anilines is 1. The average Bonchev–Trinajstić information content (AvgIpc) is 2.57. The molecule has 0 aliphatic carbocycles. The maximum absolute atomic E-state index is 12.3. The van der Waals surface area contributed by atoms with Crippen LogP contribution >= 0.6 is 0 Å². The molecular weight excluding hydrogens is 344 g/mol. The Balaban J connectivity index is 2.13. The number of rotatable bonds is 6. The number of hydrogen-bond acceptors (Lipinski definition) is 5. The first-order valence-corrected chi connectivity index (χ1v) is 10.2. The van der Waals surface area contributed by atoms with Gasteiger partial charge < -0.3 is 10.1 Å². The number of sulfonamides is 1. The minimum Gasteiger partial charge on any atom is -0.449 e. The Morgan fingerprint density at radius 3 is 2.72 bits per heavy atom. The van der Waals surface area contributed by atoms with E-state index >= 15 is 0 Å². The molecule has 25 heavy (non-hydrogen) atoms. The fraction of sp³-hybridized carbons (Fsp3) is 0.529. The van der Waals surface area contributed by atoms with Crippen molar-refractivity contribution < 1.29 is 22.7 Å². The molecule has 0 fully saturated rings. The number of fused-ring (bicyclic) bond motifs is 1. The molecule has 1 N–H and O–H groups in total. The van der Waals surface area contributed by atoms with E-state index in [0.717, 1.165) is 12.0 Å². The highest BCUT2D eigenvalue weighted by molar-refractivity contribution is 7.92. The van der Waals surface area contributed by atoms with Crippen molar-refractivity contribution in [2.45, 2.75) is 39.2 Å². The number of nitrogens with zero attached hydrogens (tertiary/aromatic N) is 1. The lowest BCUT2D eigenvalue weighted by molar-refractivity contribution is -0.129. The quantitative estimate of drug-likeness (QED) is 0.768. The largest absolute Gasteiger partial charge is 0.449 e. The third-order valence-corrected chi connectivity index (χ3v) is 5.17. The minimum atomic E-state index is -3.35. The highest BCUT2D eigenvalue weighted by Gasteiger charge is 2.25. The molecule has 138 valence electrons. The van der Waals surface area contributed by atoms with Crippen molar-refractivity contribution in [1.29, 1.82) is 0 Å². The van der Waals surface area contributed by atoms with E-state index in [0.29, 0.717) is 37.2 Å². The van der Waals surface area contributed by atoms with Gasteiger partial charge in [0, 0.05) is 13.1 Å². The average molecular weight is 368 g/mol. The van der Waals surface area contributed by atoms with E-state index in [4.69, 9.17) is 4.74 Å². The van der Waals surface area contributed by atoms with Crippen LogP contribution in [0.15, 0.2) is 18.2 Å². The molecule has 0 saturated carbocycles. The molecule has 2 rings (SSSR count). The summed E-state index contributed by atoms with van der Waals surface area (Å²) in [4.78, 5) is 24.1. The Hall–Kier alpha value is -2.09. The van der Waals surface area contributed by atoms with Gasteiger partial charge in [0.2, 0.25) is 10.0 Å². The van der Waals surface area contributed by atoms with Crippen molar-refractivity contribution in [2.75, 3.05) is 23.7 Å². The van der Waals surface area contributed by atoms with Crippen LogP contribution in [-0.2, 0) is 26.0 Å². The molecule has 0 saturated heterocycles. The standard InChI is InChI=1S/C17H24N2O5S/c1-4-9-18-16(20)12(2)24-17(21)14-7-8-15-13(11-14)6-5-10-19(15)25(3,22)23/h7-8,11-12H,4-6,9-10H2,1-3H3,(H,18,20)/t12-/m0/s1. The molecule has 1 heterocycles. The lowest BCUT2D eigenvalue weighted by atomic mass is 10.0. The maximum Gasteiger partial charge on any atom is 0.338 e. The molecule has 0 unspecified atom stereocenters. The molecule has 8 heteroatoms. The number of carbonyl (C=O) groups is 2. The molecule has 1 aromatic carbocycles. The van der Waals surface area contributed by atoms with Gasteiger partial charge in [-0.15, -0.1) is 0 Å². The Labute approximate surface area is 148 Å². The zero-order chi connectivity index (χ0) is 18.6. The van der Waals surface area contributed by atoms with Crippen LogP contribution in [-0.4, -0.2) is 45.7 Å². The van der Waals surface area contributed by atoms with E-state index in [-0.39, 0.29) is 5.91 Å². The monoisotopic (exact) mass is 368 g/mol. The molecule has 1 atom stereocenters. The molecular formula is C17H24N2O5S. The Bertz CT molecular complexity index is 760. The fourth-order valence-corrected chi connectivity index (χ4v) is 3.70. The highest BCUT2D eigenvalue weighted by Crippen LogP contribution is 2.30. The first-order valence-electron chi connectivity index (χ1n) is 8.33. The van der Waals surface area contributed by atoms with Gasteiger partial charge in [-0.05, 0) is 49.9 Å². The molecule has 0 radical (unpaired) electrons. The van der Waals surface area contributed by atoms with Crippen LogP contribution in [0.1, 0.15) is 42.6 Å². The number of aryl methyl sites for hydroxylation is 1. The molecule has 1 aromatic rings. The van der Waals surface area contributed by atoms with Gasteiger partial charge in [-0.1, -0.05) is 6.92 Å². The van der Waals surface area contributed by atoms with Crippen molar-refractivity contribution in [3.63, 3.8) is 0 Å². The van der Waals surface area contributed by atoms with Crippen molar-refractivity contribution in [3.8, 4) is 0 Å². The molecule has 0 bridgehead atoms. The summed E-state index contributed by atoms with van der Waals surface area (Å²) in [5, 5.41) is 2.67. The van der Waals surface area contributed by atoms with Gasteiger partial charge in [-0.3, -0.25) is 9.10 Å². The smallest absolute Gasteiger partial charge is 0.338 e. The Morgan fingerprint density at radius 2 is 2.08 bits per heavy atom. The second-order valence-corrected chi connectivity index (χ2v) is 8.03. The van der Waals surface area contributed by atoms with Crippen LogP contribution in [0.25, 0.3) is 0 Å². The number of hydrogen-bond donors (Lipinski definition) is 1. The van der Waals surface area contributed by atoms with Crippen LogP contribution in [0.3, 0.4) is 0 Å². The Morgan fingerprint density at radius 1 is 1.36 bits per heavy atom. The molecule has 0 spiro atoms. The predicted octanol–water partition coefficient (Wildman–Crippen LogP) is 1.47. The van der Waals surface area contributed by atoms with E-state index in [9.17, 15) is 18.0 Å². The summed E-state index contributed by atoms with van der Waals surface area (Å²) in [5.74, 6) is -0.935. The fourth-order valence-electron chi connectivity index (χ4n) is 2.71. The summed E-state index contributed by atoms with van der Waals surface area (Å²) in [6.45, 7) is 4.42. The van der Waals surface area contributed by atoms with Gasteiger partial charge >= 0.3 is 5.97 Å². The first-order chi connectivity index (χ1) is 11.7. The van der Waals surface area contributed by atoms with Gasteiger partial charge in [0.05, 0.1) is 17.5 Å². The number of esters is 1. The molecule has 0 aromatic heterocycles. The third kappa shape index (κ3) is 4.72. The number of benzene rings is 1. The van der Waals surface area contributed by atoms with E-state index in [1.807, 2.05) is 6.92 Å². The van der Waals surface area contributed by atoms with Gasteiger partial charge in [0.15, 0.2) is 6.10 Å². The van der Waals surface area contributed by atoms with E-state index in [1.165, 1.54) is 23.6 Å². The van der Waals surface area contributed by atoms with E-state index in [1.54, 1.807) is 12.1 Å². The lowest BCUT2D eigenvalue weighted by Gasteiger charge is -2.29. The summed E-state index contributed by atoms with van der Waals surface area (Å²) in [5.41, 5.74) is 1.69. The van der Waals surface area contributed by atoms with Gasteiger partial charge in [0.1, 0.15) is 0 Å². The number of carbonyl (C=O) groups excluding carboxylic acids is 2. The van der Waals surface area contributed by atoms with Crippen molar-refractivity contribution in [1.82, 2.24) is 5.32 Å². The Kier molecular flexibility index (Phi) is 6.05. The minimum absolute atomic E-state index is 0.309. The maximum atomic E-state index is 12.3. The third-order valence-electron chi connectivity index (χ3n) is 3.99. The second kappa shape index (κ2) is 7.86. The summed E-state index contributed by atoms with van der Waals surface area (Å²) < 4.78 is 30.3. The van der Waals surface area contributed by atoms with Crippen LogP contribution < -0.4 is 9.62 Å². The zero-order valence-corrected chi connectivity index (χ0v) is 15.6. The predicted molar refractivity (Wildman–Crippen MR) is 95.1 cm³/mol. The summed E-state index contributed by atoms with van der Waals surface area (Å²) in [6, 6.07) is 4.79. The van der Waals surface area contributed by atoms with Crippen molar-refractivity contribution >= 4 is 27.6 Å². The summed E-state index contributed by atoms with van der Waals surface area (Å²) in [7, 11) is -3.35. The molecule has 7 nitrogen and oxygen atoms in total. The van der Waals surface area contributed by atoms with Crippen LogP contribution in [0, 0.1) is 0 Å². The first kappa shape index (κ1) is 19.2. The van der Waals surface area contributed by atoms with Gasteiger partial charge in [-0.2, -0.15) is 0 Å². The number of amides is 1. The molecule has 1 aliphatic rings. The van der Waals surface area contributed by atoms with Gasteiger partial charge in [0.25, 0.3) is 5.91 Å². The molecule has 1 amide bonds. The number of nitrogens with one attached hydrogen (secondary N) is 1. The van der Waals surface area contributed by atoms with Crippen LogP contribution in [0.2, 0.25) is 0 Å².